The number of rotatable bonds is 8. The number of hydrogen-bond donors (Lipinski definition) is 3. The molecule has 0 aliphatic heterocycles. The summed E-state index contributed by atoms with van der Waals surface area (Å²) in [5.41, 5.74) is 4.31. The summed E-state index contributed by atoms with van der Waals surface area (Å²) in [6.07, 6.45) is 1.64. The highest BCUT2D eigenvalue weighted by atomic mass is 16.5. The summed E-state index contributed by atoms with van der Waals surface area (Å²) < 4.78 is 5.24. The number of para-hydroxylation sites is 1. The van der Waals surface area contributed by atoms with Crippen molar-refractivity contribution in [1.29, 1.82) is 0 Å². The number of ether oxygens (including phenoxy) is 1. The highest BCUT2D eigenvalue weighted by molar-refractivity contribution is 5.91. The highest BCUT2D eigenvalue weighted by Gasteiger charge is 2.14. The molecule has 1 heterocycles. The normalized spacial score (nSPS) is 10.8. The van der Waals surface area contributed by atoms with E-state index < -0.39 is 0 Å². The lowest BCUT2D eigenvalue weighted by molar-refractivity contribution is -0.121. The summed E-state index contributed by atoms with van der Waals surface area (Å²) in [7, 11) is 1.65. The third kappa shape index (κ3) is 4.06. The molecule has 0 bridgehead atoms. The van der Waals surface area contributed by atoms with Crippen molar-refractivity contribution in [3.05, 3.63) is 54.1 Å². The Labute approximate surface area is 153 Å². The van der Waals surface area contributed by atoms with Crippen LogP contribution in [0.3, 0.4) is 0 Å². The third-order valence-corrected chi connectivity index (χ3v) is 4.45. The van der Waals surface area contributed by atoms with Crippen LogP contribution >= 0.6 is 0 Å². The SMILES string of the molecule is COc1ccc(-c2[nH]c3ccccc3c2CCC(=O)NCCCO)cc1. The molecule has 2 aromatic carbocycles. The van der Waals surface area contributed by atoms with Crippen LogP contribution in [0.1, 0.15) is 18.4 Å². The second kappa shape index (κ2) is 8.54. The minimum absolute atomic E-state index is 0.00409. The molecule has 0 saturated carbocycles. The van der Waals surface area contributed by atoms with Gasteiger partial charge in [0.1, 0.15) is 5.75 Å². The molecule has 0 saturated heterocycles. The predicted molar refractivity (Wildman–Crippen MR) is 103 cm³/mol. The van der Waals surface area contributed by atoms with Crippen molar-refractivity contribution in [1.82, 2.24) is 10.3 Å². The van der Waals surface area contributed by atoms with Gasteiger partial charge in [0.2, 0.25) is 5.91 Å². The number of nitrogens with one attached hydrogen (secondary N) is 2. The number of aliphatic hydroxyl groups is 1. The Morgan fingerprint density at radius 2 is 1.92 bits per heavy atom. The fourth-order valence-electron chi connectivity index (χ4n) is 3.10. The lowest BCUT2D eigenvalue weighted by atomic mass is 10.0. The molecular formula is C21H24N2O3. The van der Waals surface area contributed by atoms with Crippen LogP contribution in [-0.4, -0.2) is 36.3 Å². The Hall–Kier alpha value is -2.79. The minimum atomic E-state index is 0.00409. The second-order valence-corrected chi connectivity index (χ2v) is 6.18. The van der Waals surface area contributed by atoms with Crippen molar-refractivity contribution < 1.29 is 14.6 Å². The van der Waals surface area contributed by atoms with E-state index in [9.17, 15) is 4.79 Å². The van der Waals surface area contributed by atoms with Crippen molar-refractivity contribution in [2.75, 3.05) is 20.3 Å². The van der Waals surface area contributed by atoms with E-state index in [-0.39, 0.29) is 12.5 Å². The van der Waals surface area contributed by atoms with Crippen molar-refractivity contribution in [2.45, 2.75) is 19.3 Å². The molecule has 26 heavy (non-hydrogen) atoms. The van der Waals surface area contributed by atoms with Gasteiger partial charge in [0, 0.05) is 36.2 Å². The maximum atomic E-state index is 12.1. The van der Waals surface area contributed by atoms with Gasteiger partial charge in [-0.15, -0.1) is 0 Å². The fourth-order valence-corrected chi connectivity index (χ4v) is 3.10. The smallest absolute Gasteiger partial charge is 0.220 e. The Kier molecular flexibility index (Phi) is 5.92. The van der Waals surface area contributed by atoms with Crippen molar-refractivity contribution >= 4 is 16.8 Å². The first-order valence-electron chi connectivity index (χ1n) is 8.84. The third-order valence-electron chi connectivity index (χ3n) is 4.45. The molecule has 0 unspecified atom stereocenters. The molecule has 0 fully saturated rings. The molecule has 3 rings (SSSR count). The van der Waals surface area contributed by atoms with Crippen molar-refractivity contribution in [2.24, 2.45) is 0 Å². The molecule has 3 aromatic rings. The zero-order valence-corrected chi connectivity index (χ0v) is 14.9. The van der Waals surface area contributed by atoms with Crippen LogP contribution in [0.4, 0.5) is 0 Å². The van der Waals surface area contributed by atoms with Crippen LogP contribution in [0, 0.1) is 0 Å². The van der Waals surface area contributed by atoms with Gasteiger partial charge in [0.15, 0.2) is 0 Å². The number of aliphatic hydroxyl groups excluding tert-OH is 1. The van der Waals surface area contributed by atoms with E-state index in [2.05, 4.69) is 16.4 Å². The number of aromatic nitrogens is 1. The van der Waals surface area contributed by atoms with E-state index in [1.165, 1.54) is 0 Å². The number of carbonyl (C=O) groups excluding carboxylic acids is 1. The number of aromatic amines is 1. The Morgan fingerprint density at radius 1 is 1.15 bits per heavy atom. The summed E-state index contributed by atoms with van der Waals surface area (Å²) in [4.78, 5) is 15.5. The molecule has 136 valence electrons. The molecule has 5 nitrogen and oxygen atoms in total. The topological polar surface area (TPSA) is 74.4 Å². The number of aryl methyl sites for hydroxylation is 1. The lowest BCUT2D eigenvalue weighted by Gasteiger charge is -2.07. The molecular weight excluding hydrogens is 328 g/mol. The highest BCUT2D eigenvalue weighted by Crippen LogP contribution is 2.32. The van der Waals surface area contributed by atoms with Crippen LogP contribution < -0.4 is 10.1 Å². The van der Waals surface area contributed by atoms with E-state index in [1.54, 1.807) is 7.11 Å². The molecule has 0 spiro atoms. The number of amides is 1. The molecule has 0 radical (unpaired) electrons. The average Bonchev–Trinajstić information content (AvgIpc) is 3.05. The number of hydrogen-bond acceptors (Lipinski definition) is 3. The van der Waals surface area contributed by atoms with Crippen molar-refractivity contribution in [3.8, 4) is 17.0 Å². The molecule has 0 aliphatic rings. The Balaban J connectivity index is 1.86. The molecule has 5 heteroatoms. The molecule has 0 aliphatic carbocycles. The zero-order chi connectivity index (χ0) is 18.4. The van der Waals surface area contributed by atoms with E-state index in [1.807, 2.05) is 42.5 Å². The standard InChI is InChI=1S/C21H24N2O3/c1-26-16-9-7-15(8-10-16)21-18(11-12-20(25)22-13-4-14-24)17-5-2-3-6-19(17)23-21/h2-3,5-10,23-24H,4,11-14H2,1H3,(H,22,25). The van der Waals surface area contributed by atoms with E-state index in [0.717, 1.165) is 33.5 Å². The maximum Gasteiger partial charge on any atom is 0.220 e. The molecule has 0 atom stereocenters. The number of H-pyrrole nitrogens is 1. The van der Waals surface area contributed by atoms with Gasteiger partial charge in [0.05, 0.1) is 7.11 Å². The number of fused-ring (bicyclic) bond motifs is 1. The van der Waals surface area contributed by atoms with Crippen LogP contribution in [0.15, 0.2) is 48.5 Å². The van der Waals surface area contributed by atoms with E-state index >= 15 is 0 Å². The Bertz CT molecular complexity index is 869. The lowest BCUT2D eigenvalue weighted by Crippen LogP contribution is -2.25. The number of methoxy groups -OCH3 is 1. The van der Waals surface area contributed by atoms with Gasteiger partial charge in [0.25, 0.3) is 0 Å². The predicted octanol–water partition coefficient (Wildman–Crippen LogP) is 3.27. The van der Waals surface area contributed by atoms with Gasteiger partial charge in [-0.25, -0.2) is 0 Å². The van der Waals surface area contributed by atoms with Crippen LogP contribution in [0.25, 0.3) is 22.2 Å². The largest absolute Gasteiger partial charge is 0.497 e. The average molecular weight is 352 g/mol. The first-order chi connectivity index (χ1) is 12.7. The Morgan fingerprint density at radius 3 is 2.65 bits per heavy atom. The minimum Gasteiger partial charge on any atom is -0.497 e. The number of carbonyl (C=O) groups is 1. The summed E-state index contributed by atoms with van der Waals surface area (Å²) in [6.45, 7) is 0.596. The van der Waals surface area contributed by atoms with E-state index in [4.69, 9.17) is 9.84 Å². The van der Waals surface area contributed by atoms with Crippen LogP contribution in [0.5, 0.6) is 5.75 Å². The van der Waals surface area contributed by atoms with Crippen LogP contribution in [-0.2, 0) is 11.2 Å². The van der Waals surface area contributed by atoms with Gasteiger partial charge >= 0.3 is 0 Å². The van der Waals surface area contributed by atoms with Gasteiger partial charge < -0.3 is 20.1 Å². The number of benzene rings is 2. The molecule has 1 amide bonds. The summed E-state index contributed by atoms with van der Waals surface area (Å²) in [5.74, 6) is 0.819. The van der Waals surface area contributed by atoms with Gasteiger partial charge in [-0.05, 0) is 54.3 Å². The fraction of sp³-hybridized carbons (Fsp3) is 0.286. The monoisotopic (exact) mass is 352 g/mol. The van der Waals surface area contributed by atoms with Crippen LogP contribution in [0.2, 0.25) is 0 Å². The molecule has 1 aromatic heterocycles. The van der Waals surface area contributed by atoms with Crippen molar-refractivity contribution in [3.63, 3.8) is 0 Å². The van der Waals surface area contributed by atoms with E-state index in [0.29, 0.717) is 25.8 Å². The van der Waals surface area contributed by atoms with Gasteiger partial charge in [-0.2, -0.15) is 0 Å². The summed E-state index contributed by atoms with van der Waals surface area (Å²) in [6, 6.07) is 16.1. The summed E-state index contributed by atoms with van der Waals surface area (Å²) in [5, 5.41) is 12.8. The van der Waals surface area contributed by atoms with Gasteiger partial charge in [-0.1, -0.05) is 18.2 Å². The first kappa shape index (κ1) is 18.0. The summed E-state index contributed by atoms with van der Waals surface area (Å²) >= 11 is 0. The quantitative estimate of drug-likeness (QED) is 0.545. The second-order valence-electron chi connectivity index (χ2n) is 6.18. The maximum absolute atomic E-state index is 12.1. The zero-order valence-electron chi connectivity index (χ0n) is 14.9. The van der Waals surface area contributed by atoms with Gasteiger partial charge in [-0.3, -0.25) is 4.79 Å². The first-order valence-corrected chi connectivity index (χ1v) is 8.84. The molecule has 3 N–H and O–H groups in total.